The molecule has 0 saturated carbocycles. The first-order valence-electron chi connectivity index (χ1n) is 11.4. The Morgan fingerprint density at radius 2 is 1.91 bits per heavy atom. The number of benzene rings is 1. The second-order valence-electron chi connectivity index (χ2n) is 8.89. The Labute approximate surface area is 185 Å². The highest BCUT2D eigenvalue weighted by atomic mass is 19.1. The summed E-state index contributed by atoms with van der Waals surface area (Å²) in [6.45, 7) is 6.48. The lowest BCUT2D eigenvalue weighted by Crippen LogP contribution is -2.36. The first-order chi connectivity index (χ1) is 15.6. The fourth-order valence-electron chi connectivity index (χ4n) is 4.75. The fourth-order valence-corrected chi connectivity index (χ4v) is 4.75. The molecule has 2 aromatic heterocycles. The van der Waals surface area contributed by atoms with Gasteiger partial charge in [-0.2, -0.15) is 4.98 Å². The van der Waals surface area contributed by atoms with Crippen LogP contribution in [0.25, 0.3) is 10.9 Å². The average Bonchev–Trinajstić information content (AvgIpc) is 3.27. The van der Waals surface area contributed by atoms with Crippen LogP contribution in [0.1, 0.15) is 49.1 Å². The van der Waals surface area contributed by atoms with E-state index in [1.165, 1.54) is 18.2 Å². The van der Waals surface area contributed by atoms with Crippen LogP contribution in [0.4, 0.5) is 4.39 Å². The summed E-state index contributed by atoms with van der Waals surface area (Å²) in [4.78, 5) is 24.3. The molecule has 0 spiro atoms. The molecule has 0 N–H and O–H groups in total. The molecule has 2 aliphatic rings. The monoisotopic (exact) mass is 441 g/mol. The van der Waals surface area contributed by atoms with Gasteiger partial charge < -0.3 is 9.26 Å². The third-order valence-electron chi connectivity index (χ3n) is 6.68. The second kappa shape index (κ2) is 9.07. The lowest BCUT2D eigenvalue weighted by atomic mass is 9.96. The minimum absolute atomic E-state index is 0.0950. The first-order valence-corrected chi connectivity index (χ1v) is 11.4. The Bertz CT molecular complexity index is 1150. The maximum Gasteiger partial charge on any atom is 0.261 e. The van der Waals surface area contributed by atoms with Crippen molar-refractivity contribution in [3.8, 4) is 0 Å². The van der Waals surface area contributed by atoms with Gasteiger partial charge in [-0.3, -0.25) is 14.3 Å². The van der Waals surface area contributed by atoms with Gasteiger partial charge in [0.1, 0.15) is 11.6 Å². The van der Waals surface area contributed by atoms with Crippen molar-refractivity contribution in [2.24, 2.45) is 5.92 Å². The SMILES string of the molecule is Cc1nc2cc(F)ccc2c(=O)n1CC1CCN(Cc2noc(C3CCOCC3)n2)CC1. The van der Waals surface area contributed by atoms with Crippen LogP contribution in [-0.2, 0) is 17.8 Å². The number of piperidine rings is 1. The maximum atomic E-state index is 13.5. The van der Waals surface area contributed by atoms with Crippen molar-refractivity contribution >= 4 is 10.9 Å². The number of hydrogen-bond acceptors (Lipinski definition) is 7. The molecule has 0 amide bonds. The van der Waals surface area contributed by atoms with Gasteiger partial charge in [0.2, 0.25) is 5.89 Å². The van der Waals surface area contributed by atoms with Crippen molar-refractivity contribution in [3.05, 3.63) is 51.9 Å². The number of halogens is 1. The summed E-state index contributed by atoms with van der Waals surface area (Å²) in [5, 5.41) is 4.65. The number of nitrogens with zero attached hydrogens (tertiary/aromatic N) is 5. The van der Waals surface area contributed by atoms with E-state index in [0.717, 1.165) is 63.7 Å². The zero-order valence-corrected chi connectivity index (χ0v) is 18.3. The van der Waals surface area contributed by atoms with E-state index in [1.807, 2.05) is 6.92 Å². The van der Waals surface area contributed by atoms with Crippen LogP contribution in [0.15, 0.2) is 27.5 Å². The third kappa shape index (κ3) is 4.45. The first kappa shape index (κ1) is 21.2. The zero-order valence-electron chi connectivity index (χ0n) is 18.3. The number of rotatable bonds is 5. The summed E-state index contributed by atoms with van der Waals surface area (Å²) in [7, 11) is 0. The molecule has 4 heterocycles. The Kier molecular flexibility index (Phi) is 6.01. The summed E-state index contributed by atoms with van der Waals surface area (Å²) in [5.41, 5.74) is 0.321. The molecule has 0 bridgehead atoms. The van der Waals surface area contributed by atoms with Crippen LogP contribution in [0.5, 0.6) is 0 Å². The molecule has 32 heavy (non-hydrogen) atoms. The van der Waals surface area contributed by atoms with Crippen LogP contribution in [-0.4, -0.2) is 50.9 Å². The van der Waals surface area contributed by atoms with Gasteiger partial charge in [0.25, 0.3) is 5.56 Å². The molecule has 5 rings (SSSR count). The van der Waals surface area contributed by atoms with Gasteiger partial charge in [0.15, 0.2) is 5.82 Å². The molecule has 1 aromatic carbocycles. The molecular weight excluding hydrogens is 413 g/mol. The van der Waals surface area contributed by atoms with E-state index in [4.69, 9.17) is 9.26 Å². The Morgan fingerprint density at radius 1 is 1.12 bits per heavy atom. The van der Waals surface area contributed by atoms with Crippen molar-refractivity contribution in [3.63, 3.8) is 0 Å². The van der Waals surface area contributed by atoms with Crippen LogP contribution in [0.2, 0.25) is 0 Å². The number of aryl methyl sites for hydroxylation is 1. The van der Waals surface area contributed by atoms with E-state index >= 15 is 0 Å². The minimum Gasteiger partial charge on any atom is -0.381 e. The number of hydrogen-bond donors (Lipinski definition) is 0. The van der Waals surface area contributed by atoms with Crippen molar-refractivity contribution in [1.82, 2.24) is 24.6 Å². The lowest BCUT2D eigenvalue weighted by Gasteiger charge is -2.31. The molecule has 0 atom stereocenters. The predicted molar refractivity (Wildman–Crippen MR) is 116 cm³/mol. The average molecular weight is 442 g/mol. The predicted octanol–water partition coefficient (Wildman–Crippen LogP) is 3.03. The highest BCUT2D eigenvalue weighted by Gasteiger charge is 2.25. The number of ether oxygens (including phenoxy) is 1. The topological polar surface area (TPSA) is 86.3 Å². The third-order valence-corrected chi connectivity index (χ3v) is 6.68. The van der Waals surface area contributed by atoms with Crippen LogP contribution in [0, 0.1) is 18.7 Å². The van der Waals surface area contributed by atoms with Crippen molar-refractivity contribution in [2.45, 2.75) is 51.6 Å². The van der Waals surface area contributed by atoms with E-state index in [1.54, 1.807) is 4.57 Å². The highest BCUT2D eigenvalue weighted by molar-refractivity contribution is 5.77. The quantitative estimate of drug-likeness (QED) is 0.602. The van der Waals surface area contributed by atoms with Crippen molar-refractivity contribution in [2.75, 3.05) is 26.3 Å². The molecule has 0 aliphatic carbocycles. The summed E-state index contributed by atoms with van der Waals surface area (Å²) < 4.78 is 26.1. The van der Waals surface area contributed by atoms with Crippen LogP contribution in [0.3, 0.4) is 0 Å². The number of aromatic nitrogens is 4. The van der Waals surface area contributed by atoms with Gasteiger partial charge in [-0.05, 0) is 63.7 Å². The molecule has 2 saturated heterocycles. The van der Waals surface area contributed by atoms with E-state index in [9.17, 15) is 9.18 Å². The van der Waals surface area contributed by atoms with E-state index in [2.05, 4.69) is 20.0 Å². The fraction of sp³-hybridized carbons (Fsp3) is 0.565. The molecule has 3 aromatic rings. The van der Waals surface area contributed by atoms with Gasteiger partial charge in [-0.1, -0.05) is 5.16 Å². The largest absolute Gasteiger partial charge is 0.381 e. The molecule has 9 heteroatoms. The molecular formula is C23H28FN5O3. The zero-order chi connectivity index (χ0) is 22.1. The molecule has 2 aliphatic heterocycles. The van der Waals surface area contributed by atoms with Gasteiger partial charge >= 0.3 is 0 Å². The Hall–Kier alpha value is -2.65. The summed E-state index contributed by atoms with van der Waals surface area (Å²) in [6.07, 6.45) is 3.84. The summed E-state index contributed by atoms with van der Waals surface area (Å²) in [6, 6.07) is 4.16. The molecule has 8 nitrogen and oxygen atoms in total. The number of fused-ring (bicyclic) bond motifs is 1. The molecule has 0 unspecified atom stereocenters. The molecule has 2 fully saturated rings. The van der Waals surface area contributed by atoms with Gasteiger partial charge in [-0.15, -0.1) is 0 Å². The maximum absolute atomic E-state index is 13.5. The van der Waals surface area contributed by atoms with Crippen molar-refractivity contribution in [1.29, 1.82) is 0 Å². The van der Waals surface area contributed by atoms with E-state index in [-0.39, 0.29) is 11.4 Å². The Morgan fingerprint density at radius 3 is 2.69 bits per heavy atom. The highest BCUT2D eigenvalue weighted by Crippen LogP contribution is 2.26. The van der Waals surface area contributed by atoms with Gasteiger partial charge in [-0.25, -0.2) is 9.37 Å². The normalized spacial score (nSPS) is 19.1. The smallest absolute Gasteiger partial charge is 0.261 e. The summed E-state index contributed by atoms with van der Waals surface area (Å²) in [5.74, 6) is 2.42. The second-order valence-corrected chi connectivity index (χ2v) is 8.89. The van der Waals surface area contributed by atoms with E-state index < -0.39 is 0 Å². The minimum atomic E-state index is -0.379. The van der Waals surface area contributed by atoms with Crippen molar-refractivity contribution < 1.29 is 13.7 Å². The van der Waals surface area contributed by atoms with Gasteiger partial charge in [0, 0.05) is 31.7 Å². The number of likely N-dealkylation sites (tertiary alicyclic amines) is 1. The molecule has 0 radical (unpaired) electrons. The lowest BCUT2D eigenvalue weighted by molar-refractivity contribution is 0.0778. The molecule has 170 valence electrons. The van der Waals surface area contributed by atoms with E-state index in [0.29, 0.717) is 41.7 Å². The Balaban J connectivity index is 1.19. The summed E-state index contributed by atoms with van der Waals surface area (Å²) >= 11 is 0. The standard InChI is InChI=1S/C23H28FN5O3/c1-15-25-20-12-18(24)2-3-19(20)23(30)29(15)13-16-4-8-28(9-5-16)14-21-26-22(32-27-21)17-6-10-31-11-7-17/h2-3,12,16-17H,4-11,13-14H2,1H3. The van der Waals surface area contributed by atoms with Crippen LogP contribution >= 0.6 is 0 Å². The van der Waals surface area contributed by atoms with Gasteiger partial charge in [0.05, 0.1) is 17.4 Å². The van der Waals surface area contributed by atoms with Crippen LogP contribution < -0.4 is 5.56 Å².